The zero-order chi connectivity index (χ0) is 20.3. The highest BCUT2D eigenvalue weighted by molar-refractivity contribution is 6.12. The number of nitrogens with one attached hydrogen (secondary N) is 1. The van der Waals surface area contributed by atoms with Gasteiger partial charge in [-0.15, -0.1) is 0 Å². The monoisotopic (exact) mass is 380 g/mol. The van der Waals surface area contributed by atoms with E-state index in [-0.39, 0.29) is 11.8 Å². The topological polar surface area (TPSA) is 63.5 Å². The molecule has 3 aromatic rings. The molecule has 3 rings (SSSR count). The molecule has 0 aliphatic heterocycles. The SMILES string of the molecule is COc1ccc(C(=O)c2c(C)c3ccccc3n2C[C@H](O)CNC(C)C)cc1. The molecule has 28 heavy (non-hydrogen) atoms. The van der Waals surface area contributed by atoms with Crippen LogP contribution >= 0.6 is 0 Å². The molecule has 0 fully saturated rings. The van der Waals surface area contributed by atoms with Crippen molar-refractivity contribution in [1.29, 1.82) is 0 Å². The number of carbonyl (C=O) groups is 1. The first-order valence-electron chi connectivity index (χ1n) is 9.60. The second-order valence-corrected chi connectivity index (χ2v) is 7.38. The standard InChI is InChI=1S/C23H28N2O3/c1-15(2)24-13-18(26)14-25-21-8-6-5-7-20(21)16(3)22(25)23(27)17-9-11-19(28-4)12-10-17/h5-12,15,18,24,26H,13-14H2,1-4H3/t18-/m1/s1. The molecule has 0 saturated carbocycles. The van der Waals surface area contributed by atoms with Crippen molar-refractivity contribution in [3.05, 3.63) is 65.4 Å². The van der Waals surface area contributed by atoms with Crippen LogP contribution in [0.1, 0.15) is 35.5 Å². The Morgan fingerprint density at radius 1 is 1.14 bits per heavy atom. The predicted octanol–water partition coefficient (Wildman–Crippen LogP) is 3.55. The van der Waals surface area contributed by atoms with Crippen LogP contribution in [0.3, 0.4) is 0 Å². The first kappa shape index (κ1) is 20.1. The summed E-state index contributed by atoms with van der Waals surface area (Å²) in [4.78, 5) is 13.3. The van der Waals surface area contributed by atoms with E-state index in [1.165, 1.54) is 0 Å². The molecular weight excluding hydrogens is 352 g/mol. The van der Waals surface area contributed by atoms with Gasteiger partial charge in [0.05, 0.1) is 25.5 Å². The lowest BCUT2D eigenvalue weighted by Gasteiger charge is -2.18. The van der Waals surface area contributed by atoms with Crippen LogP contribution in [0.25, 0.3) is 10.9 Å². The molecule has 148 valence electrons. The molecule has 0 aliphatic rings. The van der Waals surface area contributed by atoms with Gasteiger partial charge in [-0.05, 0) is 42.8 Å². The van der Waals surface area contributed by atoms with Crippen LogP contribution in [0.2, 0.25) is 0 Å². The van der Waals surface area contributed by atoms with Gasteiger partial charge >= 0.3 is 0 Å². The number of ketones is 1. The third-order valence-corrected chi connectivity index (χ3v) is 4.95. The number of ether oxygens (including phenoxy) is 1. The van der Waals surface area contributed by atoms with E-state index in [0.717, 1.165) is 16.5 Å². The summed E-state index contributed by atoms with van der Waals surface area (Å²) >= 11 is 0. The zero-order valence-electron chi connectivity index (χ0n) is 16.9. The fourth-order valence-electron chi connectivity index (χ4n) is 3.49. The van der Waals surface area contributed by atoms with Gasteiger partial charge in [0.2, 0.25) is 5.78 Å². The highest BCUT2D eigenvalue weighted by Gasteiger charge is 2.23. The Morgan fingerprint density at radius 3 is 2.46 bits per heavy atom. The zero-order valence-corrected chi connectivity index (χ0v) is 16.9. The van der Waals surface area contributed by atoms with Crippen molar-refractivity contribution in [3.63, 3.8) is 0 Å². The van der Waals surface area contributed by atoms with E-state index >= 15 is 0 Å². The smallest absolute Gasteiger partial charge is 0.209 e. The minimum atomic E-state index is -0.597. The molecule has 0 spiro atoms. The van der Waals surface area contributed by atoms with Crippen molar-refractivity contribution in [2.45, 2.75) is 39.5 Å². The van der Waals surface area contributed by atoms with Crippen LogP contribution in [0.15, 0.2) is 48.5 Å². The van der Waals surface area contributed by atoms with Crippen LogP contribution in [-0.2, 0) is 6.54 Å². The highest BCUT2D eigenvalue weighted by Crippen LogP contribution is 2.28. The van der Waals surface area contributed by atoms with Gasteiger partial charge in [0, 0.05) is 29.1 Å². The Hall–Kier alpha value is -2.63. The predicted molar refractivity (Wildman–Crippen MR) is 112 cm³/mol. The normalized spacial score (nSPS) is 12.5. The third-order valence-electron chi connectivity index (χ3n) is 4.95. The van der Waals surface area contributed by atoms with Crippen molar-refractivity contribution in [2.24, 2.45) is 0 Å². The van der Waals surface area contributed by atoms with Crippen LogP contribution in [0, 0.1) is 6.92 Å². The molecule has 0 aliphatic carbocycles. The maximum absolute atomic E-state index is 13.3. The van der Waals surface area contributed by atoms with E-state index in [9.17, 15) is 9.90 Å². The summed E-state index contributed by atoms with van der Waals surface area (Å²) in [6.45, 7) is 6.88. The number of aromatic nitrogens is 1. The number of fused-ring (bicyclic) bond motifs is 1. The number of hydrogen-bond donors (Lipinski definition) is 2. The average Bonchev–Trinajstić information content (AvgIpc) is 2.98. The number of para-hydroxylation sites is 1. The quantitative estimate of drug-likeness (QED) is 0.587. The van der Waals surface area contributed by atoms with Gasteiger partial charge in [-0.1, -0.05) is 32.0 Å². The molecular formula is C23H28N2O3. The van der Waals surface area contributed by atoms with Gasteiger partial charge in [-0.3, -0.25) is 4.79 Å². The van der Waals surface area contributed by atoms with Gasteiger partial charge in [0.15, 0.2) is 0 Å². The Labute approximate surface area is 165 Å². The number of nitrogens with zero attached hydrogens (tertiary/aromatic N) is 1. The molecule has 1 heterocycles. The third kappa shape index (κ3) is 4.11. The van der Waals surface area contributed by atoms with Crippen molar-refractivity contribution < 1.29 is 14.6 Å². The minimum Gasteiger partial charge on any atom is -0.497 e. The molecule has 2 aromatic carbocycles. The Balaban J connectivity index is 2.02. The Kier molecular flexibility index (Phi) is 6.17. The van der Waals surface area contributed by atoms with Crippen LogP contribution in [-0.4, -0.2) is 41.3 Å². The van der Waals surface area contributed by atoms with Gasteiger partial charge in [-0.2, -0.15) is 0 Å². The molecule has 0 amide bonds. The summed E-state index contributed by atoms with van der Waals surface area (Å²) in [6.07, 6.45) is -0.597. The van der Waals surface area contributed by atoms with E-state index in [1.807, 2.05) is 49.6 Å². The summed E-state index contributed by atoms with van der Waals surface area (Å²) in [7, 11) is 1.60. The first-order valence-corrected chi connectivity index (χ1v) is 9.60. The van der Waals surface area contributed by atoms with E-state index < -0.39 is 6.10 Å². The molecule has 0 bridgehead atoms. The van der Waals surface area contributed by atoms with E-state index in [4.69, 9.17) is 4.74 Å². The molecule has 5 nitrogen and oxygen atoms in total. The molecule has 0 unspecified atom stereocenters. The number of hydrogen-bond acceptors (Lipinski definition) is 4. The number of benzene rings is 2. The number of aliphatic hydroxyl groups excluding tert-OH is 1. The second-order valence-electron chi connectivity index (χ2n) is 7.38. The van der Waals surface area contributed by atoms with Gasteiger partial charge in [-0.25, -0.2) is 0 Å². The molecule has 1 atom stereocenters. The average molecular weight is 380 g/mol. The Bertz CT molecular complexity index is 958. The summed E-state index contributed by atoms with van der Waals surface area (Å²) in [5, 5.41) is 14.8. The number of aryl methyl sites for hydroxylation is 1. The second kappa shape index (κ2) is 8.59. The van der Waals surface area contributed by atoms with Gasteiger partial charge in [0.1, 0.15) is 5.75 Å². The molecule has 5 heteroatoms. The summed E-state index contributed by atoms with van der Waals surface area (Å²) in [5.41, 5.74) is 3.11. The molecule has 0 saturated heterocycles. The molecule has 2 N–H and O–H groups in total. The maximum atomic E-state index is 13.3. The van der Waals surface area contributed by atoms with E-state index in [1.54, 1.807) is 31.4 Å². The van der Waals surface area contributed by atoms with E-state index in [0.29, 0.717) is 30.1 Å². The van der Waals surface area contributed by atoms with Gasteiger partial charge in [0.25, 0.3) is 0 Å². The van der Waals surface area contributed by atoms with Crippen molar-refractivity contribution in [3.8, 4) is 5.75 Å². The van der Waals surface area contributed by atoms with Crippen LogP contribution in [0.4, 0.5) is 0 Å². The van der Waals surface area contributed by atoms with E-state index in [2.05, 4.69) is 5.32 Å². The number of rotatable bonds is 8. The van der Waals surface area contributed by atoms with Crippen molar-refractivity contribution in [1.82, 2.24) is 9.88 Å². The summed E-state index contributed by atoms with van der Waals surface area (Å²) < 4.78 is 7.14. The lowest BCUT2D eigenvalue weighted by Crippen LogP contribution is -2.34. The van der Waals surface area contributed by atoms with Crippen molar-refractivity contribution in [2.75, 3.05) is 13.7 Å². The Morgan fingerprint density at radius 2 is 1.82 bits per heavy atom. The number of methoxy groups -OCH3 is 1. The lowest BCUT2D eigenvalue weighted by atomic mass is 10.0. The number of carbonyl (C=O) groups excluding carboxylic acids is 1. The fourth-order valence-corrected chi connectivity index (χ4v) is 3.49. The van der Waals surface area contributed by atoms with Crippen molar-refractivity contribution >= 4 is 16.7 Å². The van der Waals surface area contributed by atoms with Crippen LogP contribution in [0.5, 0.6) is 5.75 Å². The maximum Gasteiger partial charge on any atom is 0.209 e. The summed E-state index contributed by atoms with van der Waals surface area (Å²) in [6, 6.07) is 15.4. The van der Waals surface area contributed by atoms with Crippen LogP contribution < -0.4 is 10.1 Å². The minimum absolute atomic E-state index is 0.0552. The van der Waals surface area contributed by atoms with Gasteiger partial charge < -0.3 is 19.7 Å². The molecule has 1 aromatic heterocycles. The number of aliphatic hydroxyl groups is 1. The fraction of sp³-hybridized carbons (Fsp3) is 0.348. The highest BCUT2D eigenvalue weighted by atomic mass is 16.5. The molecule has 0 radical (unpaired) electrons. The largest absolute Gasteiger partial charge is 0.497 e. The lowest BCUT2D eigenvalue weighted by molar-refractivity contribution is 0.102. The first-order chi connectivity index (χ1) is 13.4. The summed E-state index contributed by atoms with van der Waals surface area (Å²) in [5.74, 6) is 0.657.